The number of nitrogens with zero attached hydrogens (tertiary/aromatic N) is 3. The number of aromatic nitrogens is 2. The second kappa shape index (κ2) is 4.23. The van der Waals surface area contributed by atoms with Crippen LogP contribution in [0.3, 0.4) is 0 Å². The fourth-order valence-electron chi connectivity index (χ4n) is 1.45. The monoisotopic (exact) mass is 260 g/mol. The molecule has 0 bridgehead atoms. The van der Waals surface area contributed by atoms with Crippen LogP contribution in [0, 0.1) is 11.3 Å². The summed E-state index contributed by atoms with van der Waals surface area (Å²) in [6, 6.07) is 3.96. The van der Waals surface area contributed by atoms with Crippen LogP contribution in [-0.4, -0.2) is 22.1 Å². The first kappa shape index (κ1) is 10.9. The van der Waals surface area contributed by atoms with Gasteiger partial charge in [-0.05, 0) is 24.3 Å². The van der Waals surface area contributed by atoms with Crippen molar-refractivity contribution in [3.05, 3.63) is 22.8 Å². The van der Waals surface area contributed by atoms with Crippen molar-refractivity contribution in [1.82, 2.24) is 15.5 Å². The number of carbonyl (C=O) groups is 1. The number of nitrogens with one attached hydrogen (secondary N) is 1. The summed E-state index contributed by atoms with van der Waals surface area (Å²) < 4.78 is 5.01. The van der Waals surface area contributed by atoms with Crippen molar-refractivity contribution in [2.45, 2.75) is 18.9 Å². The van der Waals surface area contributed by atoms with Gasteiger partial charge in [-0.15, -0.1) is 11.3 Å². The lowest BCUT2D eigenvalue weighted by Crippen LogP contribution is -2.26. The van der Waals surface area contributed by atoms with E-state index >= 15 is 0 Å². The fourth-order valence-corrected chi connectivity index (χ4v) is 2.21. The average Bonchev–Trinajstić information content (AvgIpc) is 2.91. The molecule has 0 radical (unpaired) electrons. The predicted octanol–water partition coefficient (Wildman–Crippen LogP) is 1.56. The third kappa shape index (κ3) is 1.98. The van der Waals surface area contributed by atoms with Gasteiger partial charge >= 0.3 is 0 Å². The highest BCUT2D eigenvalue weighted by molar-refractivity contribution is 7.13. The summed E-state index contributed by atoms with van der Waals surface area (Å²) in [5.74, 6) is -0.112. The minimum Gasteiger partial charge on any atom is -0.346 e. The van der Waals surface area contributed by atoms with Crippen molar-refractivity contribution in [2.75, 3.05) is 0 Å². The molecule has 7 heteroatoms. The lowest BCUT2D eigenvalue weighted by Gasteiger charge is -1.95. The maximum Gasteiger partial charge on any atom is 0.292 e. The quantitative estimate of drug-likeness (QED) is 0.904. The van der Waals surface area contributed by atoms with Gasteiger partial charge in [0.1, 0.15) is 10.9 Å². The highest BCUT2D eigenvalue weighted by atomic mass is 32.1. The molecule has 0 saturated heterocycles. The standard InChI is InChI=1S/C11H8N4O2S/c12-5-6-3-4-18-8(6)11-14-9(15-17-11)10(16)13-7-1-2-7/h3-4,7H,1-2H2,(H,13,16). The molecule has 2 aromatic rings. The molecule has 6 nitrogen and oxygen atoms in total. The Kier molecular flexibility index (Phi) is 2.57. The molecule has 90 valence electrons. The van der Waals surface area contributed by atoms with Crippen LogP contribution >= 0.6 is 11.3 Å². The van der Waals surface area contributed by atoms with E-state index < -0.39 is 0 Å². The number of rotatable bonds is 3. The zero-order valence-corrected chi connectivity index (χ0v) is 10.0. The van der Waals surface area contributed by atoms with Crippen LogP contribution in [0.4, 0.5) is 0 Å². The topological polar surface area (TPSA) is 91.8 Å². The molecule has 2 heterocycles. The second-order valence-electron chi connectivity index (χ2n) is 3.95. The first-order valence-corrected chi connectivity index (χ1v) is 6.28. The number of nitriles is 1. The van der Waals surface area contributed by atoms with E-state index in [2.05, 4.69) is 15.5 Å². The molecule has 0 atom stereocenters. The molecule has 1 fully saturated rings. The van der Waals surface area contributed by atoms with E-state index in [9.17, 15) is 4.79 Å². The van der Waals surface area contributed by atoms with E-state index in [0.29, 0.717) is 10.4 Å². The van der Waals surface area contributed by atoms with Crippen LogP contribution in [-0.2, 0) is 0 Å². The van der Waals surface area contributed by atoms with E-state index in [4.69, 9.17) is 9.78 Å². The lowest BCUT2D eigenvalue weighted by molar-refractivity contribution is 0.0937. The van der Waals surface area contributed by atoms with Gasteiger partial charge < -0.3 is 9.84 Å². The van der Waals surface area contributed by atoms with Gasteiger partial charge in [-0.3, -0.25) is 4.79 Å². The second-order valence-corrected chi connectivity index (χ2v) is 4.86. The van der Waals surface area contributed by atoms with E-state index in [-0.39, 0.29) is 23.7 Å². The van der Waals surface area contributed by atoms with Crippen LogP contribution in [0.5, 0.6) is 0 Å². The van der Waals surface area contributed by atoms with Crippen molar-refractivity contribution >= 4 is 17.2 Å². The molecule has 1 saturated carbocycles. The van der Waals surface area contributed by atoms with Crippen LogP contribution in [0.15, 0.2) is 16.0 Å². The van der Waals surface area contributed by atoms with E-state index in [1.807, 2.05) is 6.07 Å². The SMILES string of the molecule is N#Cc1ccsc1-c1nc(C(=O)NC2CC2)no1. The Morgan fingerprint density at radius 1 is 1.61 bits per heavy atom. The van der Waals surface area contributed by atoms with Gasteiger partial charge in [0.15, 0.2) is 0 Å². The molecule has 1 aliphatic rings. The van der Waals surface area contributed by atoms with E-state index in [1.165, 1.54) is 11.3 Å². The number of thiophene rings is 1. The van der Waals surface area contributed by atoms with E-state index in [0.717, 1.165) is 12.8 Å². The van der Waals surface area contributed by atoms with Crippen molar-refractivity contribution in [3.63, 3.8) is 0 Å². The van der Waals surface area contributed by atoms with Crippen molar-refractivity contribution in [2.24, 2.45) is 0 Å². The number of carbonyl (C=O) groups excluding carboxylic acids is 1. The molecule has 1 amide bonds. The zero-order chi connectivity index (χ0) is 12.5. The van der Waals surface area contributed by atoms with Gasteiger partial charge in [-0.2, -0.15) is 10.2 Å². The van der Waals surface area contributed by atoms with Crippen molar-refractivity contribution in [1.29, 1.82) is 5.26 Å². The van der Waals surface area contributed by atoms with Crippen molar-refractivity contribution in [3.8, 4) is 16.8 Å². The fraction of sp³-hybridized carbons (Fsp3) is 0.273. The summed E-state index contributed by atoms with van der Waals surface area (Å²) >= 11 is 1.33. The van der Waals surface area contributed by atoms with Gasteiger partial charge in [0, 0.05) is 6.04 Å². The Bertz CT molecular complexity index is 636. The third-order valence-electron chi connectivity index (χ3n) is 2.52. The molecule has 0 aliphatic heterocycles. The maximum absolute atomic E-state index is 11.7. The zero-order valence-electron chi connectivity index (χ0n) is 9.21. The first-order chi connectivity index (χ1) is 8.78. The third-order valence-corrected chi connectivity index (χ3v) is 3.42. The Morgan fingerprint density at radius 2 is 2.44 bits per heavy atom. The van der Waals surface area contributed by atoms with Crippen LogP contribution in [0.2, 0.25) is 0 Å². The highest BCUT2D eigenvalue weighted by Gasteiger charge is 2.26. The summed E-state index contributed by atoms with van der Waals surface area (Å²) in [5, 5.41) is 17.1. The summed E-state index contributed by atoms with van der Waals surface area (Å²) in [6.45, 7) is 0. The van der Waals surface area contributed by atoms with Gasteiger partial charge in [-0.25, -0.2) is 0 Å². The number of hydrogen-bond donors (Lipinski definition) is 1. The van der Waals surface area contributed by atoms with Crippen LogP contribution < -0.4 is 5.32 Å². The Morgan fingerprint density at radius 3 is 3.17 bits per heavy atom. The smallest absolute Gasteiger partial charge is 0.292 e. The highest BCUT2D eigenvalue weighted by Crippen LogP contribution is 2.27. The molecule has 18 heavy (non-hydrogen) atoms. The Balaban J connectivity index is 1.85. The van der Waals surface area contributed by atoms with Crippen molar-refractivity contribution < 1.29 is 9.32 Å². The molecule has 0 unspecified atom stereocenters. The minimum atomic E-state index is -0.331. The van der Waals surface area contributed by atoms with Gasteiger partial charge in [0.25, 0.3) is 17.6 Å². The molecule has 2 aromatic heterocycles. The maximum atomic E-state index is 11.7. The summed E-state index contributed by atoms with van der Waals surface area (Å²) in [4.78, 5) is 16.3. The minimum absolute atomic E-state index is 0.00851. The van der Waals surface area contributed by atoms with Crippen LogP contribution in [0.1, 0.15) is 29.0 Å². The molecular weight excluding hydrogens is 252 g/mol. The molecule has 0 spiro atoms. The van der Waals surface area contributed by atoms with Gasteiger partial charge in [0.05, 0.1) is 5.56 Å². The molecular formula is C11H8N4O2S. The molecule has 1 aliphatic carbocycles. The predicted molar refractivity (Wildman–Crippen MR) is 62.8 cm³/mol. The summed E-state index contributed by atoms with van der Waals surface area (Å²) in [6.07, 6.45) is 2.00. The molecule has 1 N–H and O–H groups in total. The Labute approximate surface area is 106 Å². The first-order valence-electron chi connectivity index (χ1n) is 5.40. The van der Waals surface area contributed by atoms with Gasteiger partial charge in [0.2, 0.25) is 0 Å². The summed E-state index contributed by atoms with van der Waals surface area (Å²) in [7, 11) is 0. The molecule has 0 aromatic carbocycles. The number of hydrogen-bond acceptors (Lipinski definition) is 6. The molecule has 3 rings (SSSR count). The largest absolute Gasteiger partial charge is 0.346 e. The summed E-state index contributed by atoms with van der Waals surface area (Å²) in [5.41, 5.74) is 0.470. The van der Waals surface area contributed by atoms with E-state index in [1.54, 1.807) is 11.4 Å². The normalized spacial score (nSPS) is 14.2. The average molecular weight is 260 g/mol. The number of amides is 1. The van der Waals surface area contributed by atoms with Crippen LogP contribution in [0.25, 0.3) is 10.8 Å². The Hall–Kier alpha value is -2.20. The lowest BCUT2D eigenvalue weighted by atomic mass is 10.3. The van der Waals surface area contributed by atoms with Gasteiger partial charge in [-0.1, -0.05) is 5.16 Å².